The van der Waals surface area contributed by atoms with Crippen LogP contribution in [0.4, 0.5) is 0 Å². The van der Waals surface area contributed by atoms with E-state index in [2.05, 4.69) is 97.3 Å². The maximum absolute atomic E-state index is 13.2. The first kappa shape index (κ1) is 78.9. The van der Waals surface area contributed by atoms with Crippen molar-refractivity contribution in [3.05, 3.63) is 97.2 Å². The Kier molecular flexibility index (Phi) is 45.1. The summed E-state index contributed by atoms with van der Waals surface area (Å²) in [7, 11) is 0. The molecule has 17 unspecified atom stereocenters. The fourth-order valence-corrected chi connectivity index (χ4v) is 10.7. The molecular weight excluding hydrogens is 1130 g/mol. The molecule has 88 heavy (non-hydrogen) atoms. The van der Waals surface area contributed by atoms with E-state index in [4.69, 9.17) is 28.4 Å². The van der Waals surface area contributed by atoms with Crippen molar-refractivity contribution < 1.29 is 89.4 Å². The van der Waals surface area contributed by atoms with E-state index in [9.17, 15) is 61.0 Å². The van der Waals surface area contributed by atoms with Crippen LogP contribution in [0.3, 0.4) is 0 Å². The lowest BCUT2D eigenvalue weighted by molar-refractivity contribution is -0.379. The summed E-state index contributed by atoms with van der Waals surface area (Å²) >= 11 is 0. The van der Waals surface area contributed by atoms with Gasteiger partial charge in [0, 0.05) is 6.42 Å². The molecule has 3 aliphatic rings. The average Bonchev–Trinajstić information content (AvgIpc) is 1.13. The molecule has 0 saturated carbocycles. The predicted octanol–water partition coefficient (Wildman–Crippen LogP) is 8.10. The van der Waals surface area contributed by atoms with Crippen LogP contribution >= 0.6 is 0 Å². The van der Waals surface area contributed by atoms with Crippen LogP contribution in [0.2, 0.25) is 0 Å². The summed E-state index contributed by atoms with van der Waals surface area (Å²) in [4.78, 5) is 13.2. The molecule has 12 N–H and O–H groups in total. The van der Waals surface area contributed by atoms with Gasteiger partial charge in [-0.05, 0) is 70.6 Å². The Morgan fingerprint density at radius 2 is 0.784 bits per heavy atom. The van der Waals surface area contributed by atoms with Gasteiger partial charge in [-0.1, -0.05) is 220 Å². The first-order valence-corrected chi connectivity index (χ1v) is 33.5. The summed E-state index contributed by atoms with van der Waals surface area (Å²) in [6.45, 7) is 1.42. The Hall–Kier alpha value is -3.29. The van der Waals surface area contributed by atoms with Crippen LogP contribution in [0.25, 0.3) is 0 Å². The maximum atomic E-state index is 13.2. The van der Waals surface area contributed by atoms with E-state index >= 15 is 0 Å². The summed E-state index contributed by atoms with van der Waals surface area (Å²) in [5.41, 5.74) is 0. The van der Waals surface area contributed by atoms with Crippen LogP contribution < -0.4 is 5.32 Å². The van der Waals surface area contributed by atoms with Crippen molar-refractivity contribution in [1.82, 2.24) is 5.32 Å². The fourth-order valence-electron chi connectivity index (χ4n) is 10.7. The van der Waals surface area contributed by atoms with Crippen molar-refractivity contribution in [2.75, 3.05) is 26.4 Å². The molecular formula is C69H117NO18. The van der Waals surface area contributed by atoms with Crippen molar-refractivity contribution in [3.8, 4) is 0 Å². The minimum atomic E-state index is -1.98. The van der Waals surface area contributed by atoms with Gasteiger partial charge in [-0.25, -0.2) is 0 Å². The highest BCUT2D eigenvalue weighted by Gasteiger charge is 2.53. The first-order valence-electron chi connectivity index (χ1n) is 33.5. The third-order valence-corrected chi connectivity index (χ3v) is 16.1. The molecule has 19 heteroatoms. The topological polar surface area (TPSA) is 307 Å². The van der Waals surface area contributed by atoms with Gasteiger partial charge in [-0.15, -0.1) is 0 Å². The molecule has 0 aromatic heterocycles. The van der Waals surface area contributed by atoms with Crippen molar-refractivity contribution in [2.24, 2.45) is 0 Å². The van der Waals surface area contributed by atoms with Crippen LogP contribution in [0.5, 0.6) is 0 Å². The molecule has 0 aliphatic carbocycles. The number of nitrogens with one attached hydrogen (secondary N) is 1. The number of aliphatic hydroxyl groups is 11. The monoisotopic (exact) mass is 1250 g/mol. The van der Waals surface area contributed by atoms with Gasteiger partial charge in [0.1, 0.15) is 73.2 Å². The van der Waals surface area contributed by atoms with E-state index in [0.29, 0.717) is 12.8 Å². The SMILES string of the molecule is CC/C=C\C/C=C\C/C=C\C/C=C\C/C=C\C/C=C\C/C=C\CCCCCCCCCCCCCCCCCCCC(=O)NC(COC1OC(CO)C(OC2OC(CO)C(OC3OC(CO)C(O)C(O)C3O)C(O)C2O)C(O)C1O)C(O)/C=C/CCCC. The quantitative estimate of drug-likeness (QED) is 0.0202. The molecule has 0 spiro atoms. The van der Waals surface area contributed by atoms with Crippen LogP contribution in [0, 0.1) is 0 Å². The van der Waals surface area contributed by atoms with E-state index < -0.39 is 124 Å². The van der Waals surface area contributed by atoms with Gasteiger partial charge in [0.15, 0.2) is 18.9 Å². The second-order valence-electron chi connectivity index (χ2n) is 23.6. The highest BCUT2D eigenvalue weighted by atomic mass is 16.8. The summed E-state index contributed by atoms with van der Waals surface area (Å²) in [6.07, 6.45) is 39.5. The first-order chi connectivity index (χ1) is 42.8. The number of rotatable bonds is 49. The number of ether oxygens (including phenoxy) is 6. The van der Waals surface area contributed by atoms with Gasteiger partial charge in [0.25, 0.3) is 0 Å². The zero-order valence-electron chi connectivity index (χ0n) is 53.2. The van der Waals surface area contributed by atoms with Gasteiger partial charge in [-0.3, -0.25) is 4.79 Å². The smallest absolute Gasteiger partial charge is 0.220 e. The van der Waals surface area contributed by atoms with Gasteiger partial charge >= 0.3 is 0 Å². The summed E-state index contributed by atoms with van der Waals surface area (Å²) in [6, 6.07) is -0.972. The van der Waals surface area contributed by atoms with Crippen molar-refractivity contribution in [2.45, 2.75) is 304 Å². The van der Waals surface area contributed by atoms with E-state index in [1.165, 1.54) is 89.9 Å². The largest absolute Gasteiger partial charge is 0.394 e. The number of allylic oxidation sites excluding steroid dienone is 15. The molecule has 19 nitrogen and oxygen atoms in total. The Morgan fingerprint density at radius 1 is 0.420 bits per heavy atom. The Bertz CT molecular complexity index is 1970. The zero-order chi connectivity index (χ0) is 64.0. The molecule has 0 aromatic carbocycles. The Balaban J connectivity index is 1.23. The maximum Gasteiger partial charge on any atom is 0.220 e. The van der Waals surface area contributed by atoms with E-state index in [-0.39, 0.29) is 18.9 Å². The summed E-state index contributed by atoms with van der Waals surface area (Å²) in [5.74, 6) is -0.288. The van der Waals surface area contributed by atoms with Gasteiger partial charge in [0.05, 0.1) is 38.6 Å². The summed E-state index contributed by atoms with van der Waals surface area (Å²) < 4.78 is 34.0. The number of aliphatic hydroxyl groups excluding tert-OH is 11. The van der Waals surface area contributed by atoms with Gasteiger partial charge in [0.2, 0.25) is 5.91 Å². The number of amides is 1. The van der Waals surface area contributed by atoms with Crippen LogP contribution in [-0.2, 0) is 33.2 Å². The molecule has 3 aliphatic heterocycles. The number of carbonyl (C=O) groups excluding carboxylic acids is 1. The molecule has 17 atom stereocenters. The minimum absolute atomic E-state index is 0.238. The summed E-state index contributed by atoms with van der Waals surface area (Å²) in [5, 5.41) is 119. The number of hydrogen-bond donors (Lipinski definition) is 12. The van der Waals surface area contributed by atoms with Gasteiger partial charge < -0.3 is 89.9 Å². The fraction of sp³-hybridized carbons (Fsp3) is 0.754. The molecule has 1 amide bonds. The van der Waals surface area contributed by atoms with Crippen molar-refractivity contribution in [1.29, 1.82) is 0 Å². The standard InChI is InChI=1S/C69H117NO18/c1-3-5-7-9-10-11-12-13-14-15-16-17-18-19-20-21-22-23-24-25-26-27-28-29-30-31-32-33-34-35-36-37-38-39-40-41-42-43-45-47-57(75)70-52(53(74)46-44-8-6-4-2)51-83-67-63(81)60(78)65(55(49-72)85-67)88-69-64(82)61(79)66(56(50-73)86-69)87-68-62(80)59(77)58(76)54(48-71)84-68/h5,7,10-11,13-14,16-17,19-20,22-23,25-26,44,46,52-56,58-69,71-74,76-82H,3-4,6,8-9,12,15,18,21,24,27-43,45,47-51H2,1-2H3,(H,70,75)/b7-5-,11-10-,14-13-,17-16-,20-19-,23-22-,26-25-,46-44+. The molecule has 0 aromatic rings. The third-order valence-electron chi connectivity index (χ3n) is 16.1. The minimum Gasteiger partial charge on any atom is -0.394 e. The third kappa shape index (κ3) is 32.3. The molecule has 0 bridgehead atoms. The van der Waals surface area contributed by atoms with Crippen LogP contribution in [-0.4, -0.2) is 193 Å². The van der Waals surface area contributed by atoms with Crippen molar-refractivity contribution >= 4 is 5.91 Å². The Morgan fingerprint density at radius 3 is 1.22 bits per heavy atom. The lowest BCUT2D eigenvalue weighted by atomic mass is 9.96. The van der Waals surface area contributed by atoms with Crippen LogP contribution in [0.1, 0.15) is 200 Å². The zero-order valence-corrected chi connectivity index (χ0v) is 53.2. The van der Waals surface area contributed by atoms with E-state index in [0.717, 1.165) is 77.0 Å². The highest BCUT2D eigenvalue weighted by molar-refractivity contribution is 5.76. The normalized spacial score (nSPS) is 29.0. The molecule has 3 saturated heterocycles. The Labute approximate surface area is 526 Å². The number of carbonyl (C=O) groups is 1. The lowest BCUT2D eigenvalue weighted by Gasteiger charge is -2.48. The van der Waals surface area contributed by atoms with Gasteiger partial charge in [-0.2, -0.15) is 0 Å². The number of hydrogen-bond acceptors (Lipinski definition) is 18. The number of unbranched alkanes of at least 4 members (excludes halogenated alkanes) is 19. The molecule has 3 rings (SSSR count). The predicted molar refractivity (Wildman–Crippen MR) is 341 cm³/mol. The molecule has 0 radical (unpaired) electrons. The van der Waals surface area contributed by atoms with Crippen LogP contribution in [0.15, 0.2) is 97.2 Å². The second kappa shape index (κ2) is 50.3. The highest BCUT2D eigenvalue weighted by Crippen LogP contribution is 2.33. The average molecular weight is 1250 g/mol. The van der Waals surface area contributed by atoms with E-state index in [1.54, 1.807) is 6.08 Å². The lowest BCUT2D eigenvalue weighted by Crippen LogP contribution is -2.66. The molecule has 3 fully saturated rings. The molecule has 506 valence electrons. The second-order valence-corrected chi connectivity index (χ2v) is 23.6. The van der Waals surface area contributed by atoms with Crippen molar-refractivity contribution in [3.63, 3.8) is 0 Å². The molecule has 3 heterocycles. The van der Waals surface area contributed by atoms with E-state index in [1.807, 2.05) is 13.0 Å².